The van der Waals surface area contributed by atoms with E-state index < -0.39 is 15.8 Å². The normalized spacial score (nSPS) is 17.2. The highest BCUT2D eigenvalue weighted by molar-refractivity contribution is 7.89. The Kier molecular flexibility index (Phi) is 6.34. The predicted molar refractivity (Wildman–Crippen MR) is 90.4 cm³/mol. The predicted octanol–water partition coefficient (Wildman–Crippen LogP) is 2.53. The summed E-state index contributed by atoms with van der Waals surface area (Å²) in [5.41, 5.74) is 0. The van der Waals surface area contributed by atoms with Gasteiger partial charge in [-0.2, -0.15) is 4.31 Å². The van der Waals surface area contributed by atoms with Crippen molar-refractivity contribution >= 4 is 15.9 Å². The van der Waals surface area contributed by atoms with E-state index in [2.05, 4.69) is 5.32 Å². The second-order valence-corrected chi connectivity index (χ2v) is 8.09. The van der Waals surface area contributed by atoms with Gasteiger partial charge in [-0.05, 0) is 49.9 Å². The molecule has 0 bridgehead atoms. The van der Waals surface area contributed by atoms with Gasteiger partial charge in [0.05, 0.1) is 4.90 Å². The van der Waals surface area contributed by atoms with Crippen molar-refractivity contribution in [2.24, 2.45) is 5.92 Å². The van der Waals surface area contributed by atoms with E-state index >= 15 is 0 Å². The van der Waals surface area contributed by atoms with Crippen LogP contribution in [0.1, 0.15) is 39.5 Å². The van der Waals surface area contributed by atoms with E-state index in [1.807, 2.05) is 13.8 Å². The maximum absolute atomic E-state index is 13.0. The lowest BCUT2D eigenvalue weighted by Gasteiger charge is -2.31. The van der Waals surface area contributed by atoms with E-state index in [1.54, 1.807) is 0 Å². The minimum absolute atomic E-state index is 0.0162. The van der Waals surface area contributed by atoms with E-state index in [1.165, 1.54) is 16.4 Å². The van der Waals surface area contributed by atoms with Crippen molar-refractivity contribution in [3.63, 3.8) is 0 Å². The fraction of sp³-hybridized carbons (Fsp3) is 0.588. The van der Waals surface area contributed by atoms with E-state index in [9.17, 15) is 17.6 Å². The molecule has 2 rings (SSSR count). The number of piperidine rings is 1. The van der Waals surface area contributed by atoms with Crippen LogP contribution in [0.25, 0.3) is 0 Å². The molecule has 1 fully saturated rings. The first-order chi connectivity index (χ1) is 11.4. The van der Waals surface area contributed by atoms with Crippen molar-refractivity contribution in [2.75, 3.05) is 13.1 Å². The SMILES string of the molecule is CCC(CC)NC(=O)C1CCN(S(=O)(=O)c2ccc(F)cc2)CC1. The van der Waals surface area contributed by atoms with Gasteiger partial charge in [-0.15, -0.1) is 0 Å². The molecule has 1 aliphatic rings. The third kappa shape index (κ3) is 4.33. The second-order valence-electron chi connectivity index (χ2n) is 6.15. The number of amides is 1. The number of carbonyl (C=O) groups is 1. The summed E-state index contributed by atoms with van der Waals surface area (Å²) in [4.78, 5) is 12.4. The zero-order valence-electron chi connectivity index (χ0n) is 14.2. The molecule has 0 saturated carbocycles. The lowest BCUT2D eigenvalue weighted by atomic mass is 9.96. The zero-order chi connectivity index (χ0) is 17.7. The monoisotopic (exact) mass is 356 g/mol. The number of halogens is 1. The Morgan fingerprint density at radius 3 is 2.25 bits per heavy atom. The van der Waals surface area contributed by atoms with Gasteiger partial charge in [-0.3, -0.25) is 4.79 Å². The van der Waals surface area contributed by atoms with E-state index in [4.69, 9.17) is 0 Å². The van der Waals surface area contributed by atoms with Crippen LogP contribution < -0.4 is 5.32 Å². The first kappa shape index (κ1) is 18.9. The molecular weight excluding hydrogens is 331 g/mol. The number of sulfonamides is 1. The summed E-state index contributed by atoms with van der Waals surface area (Å²) in [7, 11) is -3.63. The molecule has 1 amide bonds. The summed E-state index contributed by atoms with van der Waals surface area (Å²) >= 11 is 0. The van der Waals surface area contributed by atoms with Crippen molar-refractivity contribution in [1.29, 1.82) is 0 Å². The largest absolute Gasteiger partial charge is 0.353 e. The molecule has 0 radical (unpaired) electrons. The minimum atomic E-state index is -3.63. The van der Waals surface area contributed by atoms with Crippen LogP contribution in [0.2, 0.25) is 0 Å². The molecule has 0 unspecified atom stereocenters. The van der Waals surface area contributed by atoms with Crippen LogP contribution in [0, 0.1) is 11.7 Å². The Labute approximate surface area is 143 Å². The van der Waals surface area contributed by atoms with E-state index in [0.29, 0.717) is 25.9 Å². The number of hydrogen-bond acceptors (Lipinski definition) is 3. The number of carbonyl (C=O) groups excluding carboxylic acids is 1. The molecule has 1 saturated heterocycles. The van der Waals surface area contributed by atoms with Crippen molar-refractivity contribution < 1.29 is 17.6 Å². The summed E-state index contributed by atoms with van der Waals surface area (Å²) in [6, 6.07) is 5.01. The minimum Gasteiger partial charge on any atom is -0.353 e. The van der Waals surface area contributed by atoms with Crippen LogP contribution in [0.5, 0.6) is 0 Å². The molecule has 0 atom stereocenters. The van der Waals surface area contributed by atoms with Gasteiger partial charge in [0.2, 0.25) is 15.9 Å². The lowest BCUT2D eigenvalue weighted by molar-refractivity contribution is -0.126. The van der Waals surface area contributed by atoms with Gasteiger partial charge in [-0.25, -0.2) is 12.8 Å². The van der Waals surface area contributed by atoms with Gasteiger partial charge in [0.1, 0.15) is 5.82 Å². The topological polar surface area (TPSA) is 66.5 Å². The first-order valence-electron chi connectivity index (χ1n) is 8.44. The average Bonchev–Trinajstić information content (AvgIpc) is 2.60. The van der Waals surface area contributed by atoms with Crippen molar-refractivity contribution in [1.82, 2.24) is 9.62 Å². The molecule has 1 heterocycles. The molecule has 134 valence electrons. The summed E-state index contributed by atoms with van der Waals surface area (Å²) in [6.45, 7) is 4.68. The zero-order valence-corrected chi connectivity index (χ0v) is 15.0. The van der Waals surface area contributed by atoms with Crippen LogP contribution in [0.4, 0.5) is 4.39 Å². The Balaban J connectivity index is 1.97. The van der Waals surface area contributed by atoms with Crippen molar-refractivity contribution in [2.45, 2.75) is 50.5 Å². The van der Waals surface area contributed by atoms with Crippen LogP contribution in [-0.4, -0.2) is 37.8 Å². The molecule has 7 heteroatoms. The highest BCUT2D eigenvalue weighted by Crippen LogP contribution is 2.24. The molecule has 24 heavy (non-hydrogen) atoms. The molecule has 0 aliphatic carbocycles. The highest BCUT2D eigenvalue weighted by atomic mass is 32.2. The second kappa shape index (κ2) is 8.07. The Hall–Kier alpha value is -1.47. The summed E-state index contributed by atoms with van der Waals surface area (Å²) < 4.78 is 39.4. The molecule has 5 nitrogen and oxygen atoms in total. The fourth-order valence-corrected chi connectivity index (χ4v) is 4.40. The van der Waals surface area contributed by atoms with Gasteiger partial charge < -0.3 is 5.32 Å². The molecular formula is C17H25FN2O3S. The van der Waals surface area contributed by atoms with Gasteiger partial charge in [-0.1, -0.05) is 13.8 Å². The van der Waals surface area contributed by atoms with E-state index in [-0.39, 0.29) is 22.8 Å². The van der Waals surface area contributed by atoms with Gasteiger partial charge >= 0.3 is 0 Å². The average molecular weight is 356 g/mol. The quantitative estimate of drug-likeness (QED) is 0.852. The molecule has 0 aromatic heterocycles. The third-order valence-corrected chi connectivity index (χ3v) is 6.52. The van der Waals surface area contributed by atoms with Crippen LogP contribution in [0.3, 0.4) is 0 Å². The van der Waals surface area contributed by atoms with Crippen molar-refractivity contribution in [3.05, 3.63) is 30.1 Å². The highest BCUT2D eigenvalue weighted by Gasteiger charge is 2.32. The Morgan fingerprint density at radius 1 is 1.21 bits per heavy atom. The van der Waals surface area contributed by atoms with Crippen LogP contribution in [0.15, 0.2) is 29.2 Å². The number of benzene rings is 1. The molecule has 0 spiro atoms. The third-order valence-electron chi connectivity index (χ3n) is 4.61. The molecule has 1 aromatic rings. The van der Waals surface area contributed by atoms with Gasteiger partial charge in [0.15, 0.2) is 0 Å². The number of hydrogen-bond donors (Lipinski definition) is 1. The fourth-order valence-electron chi connectivity index (χ4n) is 2.93. The van der Waals surface area contributed by atoms with Crippen LogP contribution in [-0.2, 0) is 14.8 Å². The molecule has 1 aromatic carbocycles. The summed E-state index contributed by atoms with van der Waals surface area (Å²) in [6.07, 6.45) is 2.79. The maximum atomic E-state index is 13.0. The maximum Gasteiger partial charge on any atom is 0.243 e. The van der Waals surface area contributed by atoms with Gasteiger partial charge in [0, 0.05) is 25.0 Å². The standard InChI is InChI=1S/C17H25FN2O3S/c1-3-15(4-2)19-17(21)13-9-11-20(12-10-13)24(22,23)16-7-5-14(18)6-8-16/h5-8,13,15H,3-4,9-12H2,1-2H3,(H,19,21). The number of nitrogens with one attached hydrogen (secondary N) is 1. The summed E-state index contributed by atoms with van der Waals surface area (Å²) in [5, 5.41) is 3.03. The smallest absolute Gasteiger partial charge is 0.243 e. The molecule has 1 N–H and O–H groups in total. The van der Waals surface area contributed by atoms with E-state index in [0.717, 1.165) is 25.0 Å². The number of nitrogens with zero attached hydrogens (tertiary/aromatic N) is 1. The molecule has 1 aliphatic heterocycles. The lowest BCUT2D eigenvalue weighted by Crippen LogP contribution is -2.45. The first-order valence-corrected chi connectivity index (χ1v) is 9.88. The Morgan fingerprint density at radius 2 is 1.75 bits per heavy atom. The number of rotatable bonds is 6. The Bertz CT molecular complexity index is 649. The van der Waals surface area contributed by atoms with Crippen LogP contribution >= 0.6 is 0 Å². The summed E-state index contributed by atoms with van der Waals surface area (Å²) in [5.74, 6) is -0.599. The van der Waals surface area contributed by atoms with Crippen molar-refractivity contribution in [3.8, 4) is 0 Å². The van der Waals surface area contributed by atoms with Gasteiger partial charge in [0.25, 0.3) is 0 Å².